The van der Waals surface area contributed by atoms with Crippen LogP contribution in [0.1, 0.15) is 106 Å². The van der Waals surface area contributed by atoms with E-state index in [0.29, 0.717) is 6.42 Å². The average Bonchev–Trinajstić information content (AvgIpc) is 2.67. The number of carbonyl (C=O) groups excluding carboxylic acids is 2. The van der Waals surface area contributed by atoms with Crippen molar-refractivity contribution < 1.29 is 9.59 Å². The van der Waals surface area contributed by atoms with Crippen LogP contribution in [0.15, 0.2) is 58.2 Å². The van der Waals surface area contributed by atoms with Crippen LogP contribution in [0.4, 0.5) is 0 Å². The Morgan fingerprint density at radius 3 is 1.10 bits per heavy atom. The molecule has 2 heteroatoms. The maximum atomic E-state index is 11.0. The van der Waals surface area contributed by atoms with Gasteiger partial charge in [-0.25, -0.2) is 0 Å². The highest BCUT2D eigenvalue weighted by Gasteiger charge is 1.95. The standard InChI is InChI=1S/C28H44O2/c1-23(14-8-16-25(3)18-10-20-27(5)22-29)12-7-13-24(2)15-9-17-26(4)19-11-21-28(6)30/h12,15-16,19-20,22H,7-11,13-14,17-18,21H2,1-6H3. The smallest absolute Gasteiger partial charge is 0.145 e. The van der Waals surface area contributed by atoms with E-state index in [1.165, 1.54) is 22.3 Å². The Hall–Kier alpha value is -1.96. The van der Waals surface area contributed by atoms with E-state index in [0.717, 1.165) is 69.6 Å². The van der Waals surface area contributed by atoms with Crippen LogP contribution in [-0.2, 0) is 9.59 Å². The van der Waals surface area contributed by atoms with Gasteiger partial charge in [0.25, 0.3) is 0 Å². The summed E-state index contributed by atoms with van der Waals surface area (Å²) in [6.07, 6.45) is 22.3. The van der Waals surface area contributed by atoms with Gasteiger partial charge in [-0.2, -0.15) is 0 Å². The lowest BCUT2D eigenvalue weighted by Gasteiger charge is -2.03. The first-order valence-corrected chi connectivity index (χ1v) is 11.5. The SMILES string of the molecule is CC(=O)CCC=C(C)CCC=C(C)CCC=C(C)CCC=C(C)CCC=C(C)C=O. The molecule has 0 radical (unpaired) electrons. The van der Waals surface area contributed by atoms with E-state index >= 15 is 0 Å². The monoisotopic (exact) mass is 412 g/mol. The summed E-state index contributed by atoms with van der Waals surface area (Å²) in [5.74, 6) is 0.267. The summed E-state index contributed by atoms with van der Waals surface area (Å²) in [5.41, 5.74) is 6.54. The summed E-state index contributed by atoms with van der Waals surface area (Å²) in [6, 6.07) is 0. The van der Waals surface area contributed by atoms with Crippen molar-refractivity contribution in [3.8, 4) is 0 Å². The lowest BCUT2D eigenvalue weighted by Crippen LogP contribution is -1.87. The predicted octanol–water partition coefficient (Wildman–Crippen LogP) is 8.41. The van der Waals surface area contributed by atoms with Crippen LogP contribution in [0.3, 0.4) is 0 Å². The molecule has 0 saturated carbocycles. The second kappa shape index (κ2) is 17.9. The lowest BCUT2D eigenvalue weighted by molar-refractivity contribution is -0.116. The van der Waals surface area contributed by atoms with Gasteiger partial charge in [-0.1, -0.05) is 52.7 Å². The van der Waals surface area contributed by atoms with Crippen molar-refractivity contribution in [3.05, 3.63) is 58.2 Å². The molecule has 30 heavy (non-hydrogen) atoms. The topological polar surface area (TPSA) is 34.1 Å². The zero-order valence-electron chi connectivity index (χ0n) is 20.4. The van der Waals surface area contributed by atoms with E-state index in [9.17, 15) is 9.59 Å². The number of carbonyl (C=O) groups is 2. The fourth-order valence-electron chi connectivity index (χ4n) is 3.14. The Morgan fingerprint density at radius 2 is 0.800 bits per heavy atom. The van der Waals surface area contributed by atoms with Gasteiger partial charge in [0.05, 0.1) is 0 Å². The molecular weight excluding hydrogens is 368 g/mol. The second-order valence-electron chi connectivity index (χ2n) is 8.66. The molecule has 0 atom stereocenters. The summed E-state index contributed by atoms with van der Waals surface area (Å²) in [7, 11) is 0. The van der Waals surface area contributed by atoms with E-state index < -0.39 is 0 Å². The second-order valence-corrected chi connectivity index (χ2v) is 8.66. The highest BCUT2D eigenvalue weighted by atomic mass is 16.1. The van der Waals surface area contributed by atoms with Crippen molar-refractivity contribution in [2.45, 2.75) is 106 Å². The van der Waals surface area contributed by atoms with Crippen LogP contribution < -0.4 is 0 Å². The molecule has 0 aliphatic carbocycles. The van der Waals surface area contributed by atoms with Gasteiger partial charge in [0.1, 0.15) is 12.1 Å². The Labute approximate surface area is 185 Å². The number of rotatable bonds is 16. The minimum Gasteiger partial charge on any atom is -0.300 e. The Bertz CT molecular complexity index is 669. The summed E-state index contributed by atoms with van der Waals surface area (Å²) in [5, 5.41) is 0. The minimum absolute atomic E-state index is 0.267. The number of aldehydes is 1. The summed E-state index contributed by atoms with van der Waals surface area (Å²) in [4.78, 5) is 21.6. The van der Waals surface area contributed by atoms with Gasteiger partial charge in [0.15, 0.2) is 0 Å². The quantitative estimate of drug-likeness (QED) is 0.145. The minimum atomic E-state index is 0.267. The number of allylic oxidation sites excluding steroid dienone is 10. The first-order chi connectivity index (χ1) is 14.2. The molecule has 0 spiro atoms. The number of Topliss-reactive ketones (excluding diaryl/α,β-unsaturated/α-hetero) is 1. The third kappa shape index (κ3) is 18.1. The molecule has 2 nitrogen and oxygen atoms in total. The van der Waals surface area contributed by atoms with Crippen molar-refractivity contribution in [2.75, 3.05) is 0 Å². The highest BCUT2D eigenvalue weighted by molar-refractivity contribution is 5.75. The zero-order valence-corrected chi connectivity index (χ0v) is 20.4. The molecule has 168 valence electrons. The van der Waals surface area contributed by atoms with Crippen molar-refractivity contribution in [1.29, 1.82) is 0 Å². The van der Waals surface area contributed by atoms with Gasteiger partial charge in [0.2, 0.25) is 0 Å². The van der Waals surface area contributed by atoms with Crippen molar-refractivity contribution in [2.24, 2.45) is 0 Å². The van der Waals surface area contributed by atoms with E-state index in [4.69, 9.17) is 0 Å². The highest BCUT2D eigenvalue weighted by Crippen LogP contribution is 2.15. The first kappa shape index (κ1) is 28.0. The van der Waals surface area contributed by atoms with Crippen LogP contribution in [0, 0.1) is 0 Å². The summed E-state index contributed by atoms with van der Waals surface area (Å²) >= 11 is 0. The molecule has 0 heterocycles. The van der Waals surface area contributed by atoms with E-state index in [-0.39, 0.29) is 5.78 Å². The van der Waals surface area contributed by atoms with Crippen molar-refractivity contribution in [3.63, 3.8) is 0 Å². The molecule has 0 unspecified atom stereocenters. The van der Waals surface area contributed by atoms with Crippen molar-refractivity contribution >= 4 is 12.1 Å². The Balaban J connectivity index is 4.09. The van der Waals surface area contributed by atoms with Gasteiger partial charge >= 0.3 is 0 Å². The van der Waals surface area contributed by atoms with Crippen molar-refractivity contribution in [1.82, 2.24) is 0 Å². The molecule has 0 N–H and O–H groups in total. The van der Waals surface area contributed by atoms with Crippen LogP contribution in [0.5, 0.6) is 0 Å². The largest absolute Gasteiger partial charge is 0.300 e. The Kier molecular flexibility index (Phi) is 16.7. The molecule has 0 aromatic carbocycles. The van der Waals surface area contributed by atoms with Crippen LogP contribution in [0.25, 0.3) is 0 Å². The maximum absolute atomic E-state index is 11.0. The normalized spacial score (nSPS) is 14.3. The molecule has 0 rings (SSSR count). The van der Waals surface area contributed by atoms with E-state index in [1.807, 2.05) is 13.0 Å². The lowest BCUT2D eigenvalue weighted by atomic mass is 10.0. The predicted molar refractivity (Wildman–Crippen MR) is 132 cm³/mol. The Morgan fingerprint density at radius 1 is 0.500 bits per heavy atom. The molecule has 0 saturated heterocycles. The number of hydrogen-bond acceptors (Lipinski definition) is 2. The maximum Gasteiger partial charge on any atom is 0.145 e. The molecule has 0 fully saturated rings. The first-order valence-electron chi connectivity index (χ1n) is 11.5. The molecular formula is C28H44O2. The third-order valence-corrected chi connectivity index (χ3v) is 5.27. The average molecular weight is 413 g/mol. The molecule has 0 aliphatic rings. The molecule has 0 bridgehead atoms. The molecule has 0 aromatic heterocycles. The van der Waals surface area contributed by atoms with Crippen LogP contribution in [-0.4, -0.2) is 12.1 Å². The summed E-state index contributed by atoms with van der Waals surface area (Å²) in [6.45, 7) is 12.3. The van der Waals surface area contributed by atoms with Gasteiger partial charge < -0.3 is 4.79 Å². The van der Waals surface area contributed by atoms with Crippen LogP contribution in [0.2, 0.25) is 0 Å². The van der Waals surface area contributed by atoms with Crippen LogP contribution >= 0.6 is 0 Å². The van der Waals surface area contributed by atoms with E-state index in [1.54, 1.807) is 6.92 Å². The van der Waals surface area contributed by atoms with Gasteiger partial charge in [-0.3, -0.25) is 4.79 Å². The van der Waals surface area contributed by atoms with Gasteiger partial charge in [-0.05, 0) is 105 Å². The number of ketones is 1. The van der Waals surface area contributed by atoms with Gasteiger partial charge in [0, 0.05) is 6.42 Å². The third-order valence-electron chi connectivity index (χ3n) is 5.27. The number of hydrogen-bond donors (Lipinski definition) is 0. The van der Waals surface area contributed by atoms with E-state index in [2.05, 4.69) is 52.0 Å². The van der Waals surface area contributed by atoms with Gasteiger partial charge in [-0.15, -0.1) is 0 Å². The molecule has 0 aliphatic heterocycles. The summed E-state index contributed by atoms with van der Waals surface area (Å²) < 4.78 is 0. The molecule has 0 aromatic rings. The fraction of sp³-hybridized carbons (Fsp3) is 0.571. The molecule has 0 amide bonds. The fourth-order valence-corrected chi connectivity index (χ4v) is 3.14. The zero-order chi connectivity index (χ0) is 22.8.